The summed E-state index contributed by atoms with van der Waals surface area (Å²) in [5.41, 5.74) is 2.49. The highest BCUT2D eigenvalue weighted by Gasteiger charge is 2.48. The summed E-state index contributed by atoms with van der Waals surface area (Å²) in [7, 11) is 1.61. The maximum Gasteiger partial charge on any atom is 0.245 e. The predicted octanol–water partition coefficient (Wildman–Crippen LogP) is 5.75. The number of methoxy groups -OCH3 is 1. The maximum atomic E-state index is 13.8. The van der Waals surface area contributed by atoms with Crippen LogP contribution < -0.4 is 10.1 Å². The van der Waals surface area contributed by atoms with Crippen LogP contribution in [0.4, 0.5) is 0 Å². The summed E-state index contributed by atoms with van der Waals surface area (Å²) in [6, 6.07) is 12.6. The van der Waals surface area contributed by atoms with Gasteiger partial charge in [0.15, 0.2) is 0 Å². The van der Waals surface area contributed by atoms with Crippen molar-refractivity contribution in [2.75, 3.05) is 20.2 Å². The first kappa shape index (κ1) is 29.0. The summed E-state index contributed by atoms with van der Waals surface area (Å²) in [5.74, 6) is 0.461. The van der Waals surface area contributed by atoms with Crippen LogP contribution in [0.25, 0.3) is 0 Å². The van der Waals surface area contributed by atoms with E-state index in [2.05, 4.69) is 22.2 Å². The lowest BCUT2D eigenvalue weighted by Gasteiger charge is -2.52. The number of hydrogen-bond donors (Lipinski definition) is 2. The Bertz CT molecular complexity index is 1240. The predicted molar refractivity (Wildman–Crippen MR) is 154 cm³/mol. The Morgan fingerprint density at radius 3 is 2.59 bits per heavy atom. The van der Waals surface area contributed by atoms with Gasteiger partial charge < -0.3 is 19.9 Å². The number of aromatic amines is 1. The van der Waals surface area contributed by atoms with E-state index in [4.69, 9.17) is 27.9 Å². The van der Waals surface area contributed by atoms with E-state index in [0.29, 0.717) is 36.0 Å². The van der Waals surface area contributed by atoms with Crippen molar-refractivity contribution in [3.05, 3.63) is 81.9 Å². The third-order valence-electron chi connectivity index (χ3n) is 7.48. The molecule has 9 heteroatoms. The molecule has 208 valence electrons. The van der Waals surface area contributed by atoms with Crippen molar-refractivity contribution in [1.29, 1.82) is 0 Å². The largest absolute Gasteiger partial charge is 0.497 e. The topological polar surface area (TPSA) is 87.3 Å². The minimum Gasteiger partial charge on any atom is -0.497 e. The second-order valence-electron chi connectivity index (χ2n) is 10.3. The zero-order chi connectivity index (χ0) is 27.8. The minimum atomic E-state index is -0.687. The lowest BCUT2D eigenvalue weighted by Crippen LogP contribution is -2.65. The van der Waals surface area contributed by atoms with Crippen LogP contribution in [0, 0.1) is 0 Å². The van der Waals surface area contributed by atoms with Gasteiger partial charge in [0.05, 0.1) is 29.2 Å². The fraction of sp³-hybridized carbons (Fsp3) is 0.433. The van der Waals surface area contributed by atoms with Crippen LogP contribution in [0.2, 0.25) is 10.0 Å². The summed E-state index contributed by atoms with van der Waals surface area (Å²) >= 11 is 13.0. The number of H-pyrrole nitrogens is 1. The molecular weight excluding hydrogens is 535 g/mol. The van der Waals surface area contributed by atoms with Gasteiger partial charge in [0.1, 0.15) is 11.8 Å². The number of aromatic nitrogens is 2. The third-order valence-corrected chi connectivity index (χ3v) is 8.29. The highest BCUT2D eigenvalue weighted by Crippen LogP contribution is 2.44. The van der Waals surface area contributed by atoms with Crippen LogP contribution in [0.3, 0.4) is 0 Å². The molecule has 0 bridgehead atoms. The number of benzene rings is 2. The molecule has 1 saturated heterocycles. The van der Waals surface area contributed by atoms with Crippen LogP contribution in [0.15, 0.2) is 55.0 Å². The van der Waals surface area contributed by atoms with Gasteiger partial charge in [0.25, 0.3) is 0 Å². The first-order chi connectivity index (χ1) is 18.8. The Hall–Kier alpha value is -3.03. The van der Waals surface area contributed by atoms with E-state index < -0.39 is 6.04 Å². The van der Waals surface area contributed by atoms with E-state index in [1.165, 1.54) is 0 Å². The van der Waals surface area contributed by atoms with Crippen LogP contribution in [-0.2, 0) is 27.8 Å². The van der Waals surface area contributed by atoms with E-state index in [-0.39, 0.29) is 23.7 Å². The quantitative estimate of drug-likeness (QED) is 0.256. The van der Waals surface area contributed by atoms with Gasteiger partial charge in [-0.2, -0.15) is 0 Å². The number of ether oxygens (including phenoxy) is 1. The van der Waals surface area contributed by atoms with Crippen molar-refractivity contribution in [2.24, 2.45) is 0 Å². The average Bonchev–Trinajstić information content (AvgIpc) is 3.44. The molecule has 3 aromatic rings. The molecule has 2 aromatic carbocycles. The highest BCUT2D eigenvalue weighted by atomic mass is 35.5. The summed E-state index contributed by atoms with van der Waals surface area (Å²) in [5, 5.41) is 4.08. The number of carbonyl (C=O) groups is 2. The Balaban J connectivity index is 1.50. The van der Waals surface area contributed by atoms with Gasteiger partial charge in [-0.15, -0.1) is 0 Å². The van der Waals surface area contributed by atoms with Gasteiger partial charge in [-0.05, 0) is 42.2 Å². The molecule has 1 aliphatic heterocycles. The smallest absolute Gasteiger partial charge is 0.245 e. The SMILES string of the molecule is CCCCCC1(c2cccc(Cl)c2Cl)CN(C(=O)[C@@H](Cc2ccc(OC)cc2)NC(=O)CCc2c[nH]cn2)C1. The summed E-state index contributed by atoms with van der Waals surface area (Å²) in [4.78, 5) is 35.7. The number of likely N-dealkylation sites (tertiary alicyclic amines) is 1. The lowest BCUT2D eigenvalue weighted by molar-refractivity contribution is -0.143. The average molecular weight is 572 g/mol. The van der Waals surface area contributed by atoms with E-state index in [1.807, 2.05) is 41.3 Å². The molecule has 2 amide bonds. The number of amides is 2. The number of nitrogens with zero attached hydrogens (tertiary/aromatic N) is 2. The van der Waals surface area contributed by atoms with E-state index in [9.17, 15) is 9.59 Å². The molecule has 0 unspecified atom stereocenters. The normalized spacial score (nSPS) is 14.9. The fourth-order valence-corrected chi connectivity index (χ4v) is 5.78. The van der Waals surface area contributed by atoms with Crippen molar-refractivity contribution in [3.63, 3.8) is 0 Å². The number of imidazole rings is 1. The molecule has 2 heterocycles. The lowest BCUT2D eigenvalue weighted by atomic mass is 9.70. The molecule has 1 aliphatic rings. The molecular formula is C30H36Cl2N4O3. The third kappa shape index (κ3) is 7.14. The number of hydrogen-bond acceptors (Lipinski definition) is 4. The molecule has 7 nitrogen and oxygen atoms in total. The standard InChI is InChI=1S/C30H36Cl2N4O3/c1-3-4-5-15-30(24-7-6-8-25(31)28(24)32)18-36(19-30)29(38)26(16-21-9-12-23(39-2)13-10-21)35-27(37)14-11-22-17-33-20-34-22/h6-10,12-13,17,20,26H,3-5,11,14-16,18-19H2,1-2H3,(H,33,34)(H,35,37)/t26-/m1/s1. The Morgan fingerprint density at radius 1 is 1.15 bits per heavy atom. The van der Waals surface area contributed by atoms with Crippen molar-refractivity contribution in [1.82, 2.24) is 20.2 Å². The number of unbranched alkanes of at least 4 members (excludes halogenated alkanes) is 2. The molecule has 2 N–H and O–H groups in total. The van der Waals surface area contributed by atoms with Gasteiger partial charge in [-0.25, -0.2) is 4.98 Å². The molecule has 0 spiro atoms. The Morgan fingerprint density at radius 2 is 1.92 bits per heavy atom. The van der Waals surface area contributed by atoms with Crippen LogP contribution in [0.1, 0.15) is 55.8 Å². The number of nitrogens with one attached hydrogen (secondary N) is 2. The van der Waals surface area contributed by atoms with E-state index >= 15 is 0 Å². The zero-order valence-corrected chi connectivity index (χ0v) is 24.0. The summed E-state index contributed by atoms with van der Waals surface area (Å²) < 4.78 is 5.27. The maximum absolute atomic E-state index is 13.8. The first-order valence-corrected chi connectivity index (χ1v) is 14.2. The molecule has 1 fully saturated rings. The molecule has 0 saturated carbocycles. The monoisotopic (exact) mass is 570 g/mol. The van der Waals surface area contributed by atoms with Crippen molar-refractivity contribution in [3.8, 4) is 5.75 Å². The van der Waals surface area contributed by atoms with E-state index in [1.54, 1.807) is 25.7 Å². The highest BCUT2D eigenvalue weighted by molar-refractivity contribution is 6.42. The second-order valence-corrected chi connectivity index (χ2v) is 11.1. The molecule has 0 aliphatic carbocycles. The van der Waals surface area contributed by atoms with Gasteiger partial charge in [-0.3, -0.25) is 9.59 Å². The van der Waals surface area contributed by atoms with Crippen LogP contribution >= 0.6 is 23.2 Å². The zero-order valence-electron chi connectivity index (χ0n) is 22.5. The molecule has 0 radical (unpaired) electrons. The second kappa shape index (κ2) is 13.4. The van der Waals surface area contributed by atoms with E-state index in [0.717, 1.165) is 48.3 Å². The van der Waals surface area contributed by atoms with Gasteiger partial charge >= 0.3 is 0 Å². The van der Waals surface area contributed by atoms with Crippen LogP contribution in [-0.4, -0.2) is 52.9 Å². The number of carbonyl (C=O) groups excluding carboxylic acids is 2. The van der Waals surface area contributed by atoms with Crippen LogP contribution in [0.5, 0.6) is 5.75 Å². The van der Waals surface area contributed by atoms with Crippen molar-refractivity contribution >= 4 is 35.0 Å². The number of rotatable bonds is 13. The summed E-state index contributed by atoms with van der Waals surface area (Å²) in [6.45, 7) is 3.25. The molecule has 1 atom stereocenters. The minimum absolute atomic E-state index is 0.0943. The summed E-state index contributed by atoms with van der Waals surface area (Å²) in [6.07, 6.45) is 8.67. The fourth-order valence-electron chi connectivity index (χ4n) is 5.28. The van der Waals surface area contributed by atoms with Gasteiger partial charge in [-0.1, -0.05) is 73.7 Å². The number of halogens is 2. The van der Waals surface area contributed by atoms with Crippen molar-refractivity contribution < 1.29 is 14.3 Å². The molecule has 4 rings (SSSR count). The molecule has 1 aromatic heterocycles. The van der Waals surface area contributed by atoms with Crippen molar-refractivity contribution in [2.45, 2.75) is 63.3 Å². The van der Waals surface area contributed by atoms with Gasteiger partial charge in [0.2, 0.25) is 11.8 Å². The Kier molecular flexibility index (Phi) is 9.92. The van der Waals surface area contributed by atoms with Gasteiger partial charge in [0, 0.05) is 37.5 Å². The molecule has 39 heavy (non-hydrogen) atoms. The first-order valence-electron chi connectivity index (χ1n) is 13.5. The Labute approximate surface area is 240 Å². The number of aryl methyl sites for hydroxylation is 1.